The highest BCUT2D eigenvalue weighted by Crippen LogP contribution is 2.33. The molecule has 0 aliphatic carbocycles. The van der Waals surface area contributed by atoms with Crippen molar-refractivity contribution in [3.05, 3.63) is 23.3 Å². The number of nitrogens with zero attached hydrogens (tertiary/aromatic N) is 1. The summed E-state index contributed by atoms with van der Waals surface area (Å²) in [6.07, 6.45) is 4.47. The molecule has 22 heavy (non-hydrogen) atoms. The van der Waals surface area contributed by atoms with Crippen molar-refractivity contribution < 1.29 is 14.6 Å². The molecule has 0 aromatic heterocycles. The molecule has 0 saturated carbocycles. The smallest absolute Gasteiger partial charge is 0.163 e. The van der Waals surface area contributed by atoms with Crippen LogP contribution in [0, 0.1) is 10.7 Å². The van der Waals surface area contributed by atoms with Crippen LogP contribution in [0.5, 0.6) is 11.5 Å². The lowest BCUT2D eigenvalue weighted by Crippen LogP contribution is -2.03. The van der Waals surface area contributed by atoms with E-state index in [1.807, 2.05) is 6.92 Å². The van der Waals surface area contributed by atoms with Crippen LogP contribution < -0.4 is 4.74 Å². The summed E-state index contributed by atoms with van der Waals surface area (Å²) in [6, 6.07) is 3.39. The van der Waals surface area contributed by atoms with Crippen molar-refractivity contribution in [3.8, 4) is 16.9 Å². The van der Waals surface area contributed by atoms with Crippen LogP contribution in [0.25, 0.3) is 0 Å². The first-order valence-electron chi connectivity index (χ1n) is 7.61. The van der Waals surface area contributed by atoms with E-state index in [-0.39, 0.29) is 11.5 Å². The second-order valence-corrected chi connectivity index (χ2v) is 5.97. The van der Waals surface area contributed by atoms with Crippen molar-refractivity contribution >= 4 is 17.5 Å². The minimum absolute atomic E-state index is 0.0530. The van der Waals surface area contributed by atoms with E-state index >= 15 is 0 Å². The number of Topliss-reactive ketones (excluding diaryl/α,β-unsaturated/α-hetero) is 1. The Bertz CT molecular complexity index is 537. The van der Waals surface area contributed by atoms with Gasteiger partial charge in [-0.05, 0) is 56.5 Å². The molecular weight excluding hydrogens is 298 g/mol. The Morgan fingerprint density at radius 1 is 1.36 bits per heavy atom. The summed E-state index contributed by atoms with van der Waals surface area (Å²) in [5.74, 6) is 1.43. The Hall–Kier alpha value is -1.67. The maximum absolute atomic E-state index is 11.5. The number of unbranched alkanes of at least 4 members (excludes halogenated alkanes) is 2. The molecule has 1 aromatic carbocycles. The fraction of sp³-hybridized carbons (Fsp3) is 0.529. The van der Waals surface area contributed by atoms with Gasteiger partial charge in [0.05, 0.1) is 12.2 Å². The van der Waals surface area contributed by atoms with Crippen LogP contribution in [-0.4, -0.2) is 23.2 Å². The highest BCUT2D eigenvalue weighted by molar-refractivity contribution is 8.03. The molecule has 0 heterocycles. The number of benzene rings is 1. The Kier molecular flexibility index (Phi) is 8.46. The Balaban J connectivity index is 2.61. The second kappa shape index (κ2) is 10.1. The molecule has 5 heteroatoms. The van der Waals surface area contributed by atoms with Gasteiger partial charge in [-0.15, -0.1) is 0 Å². The molecule has 0 aliphatic heterocycles. The molecule has 0 unspecified atom stereocenters. The molecule has 0 aliphatic rings. The quantitative estimate of drug-likeness (QED) is 0.395. The molecule has 4 nitrogen and oxygen atoms in total. The number of phenolic OH excluding ortho intramolecular Hbond substituents is 1. The van der Waals surface area contributed by atoms with Crippen LogP contribution in [0.4, 0.5) is 0 Å². The molecule has 0 amide bonds. The van der Waals surface area contributed by atoms with Gasteiger partial charge in [0.15, 0.2) is 5.78 Å². The third-order valence-corrected chi connectivity index (χ3v) is 3.95. The minimum Gasteiger partial charge on any atom is -0.507 e. The number of hydrogen-bond donors (Lipinski definition) is 1. The van der Waals surface area contributed by atoms with E-state index in [4.69, 9.17) is 10.00 Å². The third kappa shape index (κ3) is 5.61. The zero-order chi connectivity index (χ0) is 16.4. The van der Waals surface area contributed by atoms with E-state index in [0.717, 1.165) is 37.0 Å². The molecule has 0 saturated heterocycles. The highest BCUT2D eigenvalue weighted by Gasteiger charge is 2.15. The van der Waals surface area contributed by atoms with Gasteiger partial charge in [-0.2, -0.15) is 5.26 Å². The number of phenols is 1. The summed E-state index contributed by atoms with van der Waals surface area (Å²) in [4.78, 5) is 11.5. The Labute approximate surface area is 136 Å². The van der Waals surface area contributed by atoms with Crippen molar-refractivity contribution in [2.45, 2.75) is 46.0 Å². The molecule has 120 valence electrons. The summed E-state index contributed by atoms with van der Waals surface area (Å²) in [6.45, 7) is 4.05. The number of carbonyl (C=O) groups excluding carboxylic acids is 1. The zero-order valence-electron chi connectivity index (χ0n) is 13.2. The van der Waals surface area contributed by atoms with Crippen LogP contribution in [0.3, 0.4) is 0 Å². The number of ether oxygens (including phenoxy) is 1. The molecule has 0 fully saturated rings. The number of ketones is 1. The Morgan fingerprint density at radius 2 is 2.14 bits per heavy atom. The number of thioether (sulfide) groups is 1. The fourth-order valence-corrected chi connectivity index (χ4v) is 2.65. The minimum atomic E-state index is -0.142. The van der Waals surface area contributed by atoms with Crippen molar-refractivity contribution in [2.75, 3.05) is 12.4 Å². The van der Waals surface area contributed by atoms with Gasteiger partial charge in [-0.1, -0.05) is 13.3 Å². The lowest BCUT2D eigenvalue weighted by molar-refractivity contribution is 0.101. The van der Waals surface area contributed by atoms with Crippen molar-refractivity contribution in [1.82, 2.24) is 0 Å². The summed E-state index contributed by atoms with van der Waals surface area (Å²) in [7, 11) is 0. The van der Waals surface area contributed by atoms with E-state index in [2.05, 4.69) is 5.40 Å². The summed E-state index contributed by atoms with van der Waals surface area (Å²) in [5, 5.41) is 20.7. The van der Waals surface area contributed by atoms with Crippen molar-refractivity contribution in [3.63, 3.8) is 0 Å². The number of hydrogen-bond acceptors (Lipinski definition) is 5. The van der Waals surface area contributed by atoms with E-state index in [1.165, 1.54) is 18.7 Å². The topological polar surface area (TPSA) is 70.3 Å². The average molecular weight is 321 g/mol. The van der Waals surface area contributed by atoms with Gasteiger partial charge in [-0.25, -0.2) is 0 Å². The number of thiocyanates is 1. The number of nitriles is 1. The monoisotopic (exact) mass is 321 g/mol. The maximum Gasteiger partial charge on any atom is 0.163 e. The number of aromatic hydroxyl groups is 1. The third-order valence-electron chi connectivity index (χ3n) is 3.33. The van der Waals surface area contributed by atoms with Crippen LogP contribution in [-0.2, 0) is 6.42 Å². The summed E-state index contributed by atoms with van der Waals surface area (Å²) in [5.41, 5.74) is 1.07. The molecule has 1 rings (SSSR count). The van der Waals surface area contributed by atoms with Crippen LogP contribution in [0.2, 0.25) is 0 Å². The van der Waals surface area contributed by atoms with Gasteiger partial charge in [0.25, 0.3) is 0 Å². The van der Waals surface area contributed by atoms with E-state index in [9.17, 15) is 9.90 Å². The van der Waals surface area contributed by atoms with Crippen LogP contribution in [0.15, 0.2) is 12.1 Å². The average Bonchev–Trinajstić information content (AvgIpc) is 2.49. The SMILES string of the molecule is CCCc1c(OCCCCCSC#N)ccc(C(C)=O)c1O. The maximum atomic E-state index is 11.5. The molecule has 0 radical (unpaired) electrons. The standard InChI is InChI=1S/C17H23NO3S/c1-3-7-15-16(9-8-14(13(2)19)17(15)20)21-10-5-4-6-11-22-12-18/h8-9,20H,3-7,10-11H2,1-2H3. The molecule has 0 spiro atoms. The van der Waals surface area contributed by atoms with Gasteiger partial charge >= 0.3 is 0 Å². The molecule has 0 bridgehead atoms. The predicted octanol–water partition coefficient (Wildman–Crippen LogP) is 4.31. The lowest BCUT2D eigenvalue weighted by atomic mass is 10.0. The van der Waals surface area contributed by atoms with Crippen LogP contribution in [0.1, 0.15) is 55.5 Å². The van der Waals surface area contributed by atoms with Gasteiger partial charge < -0.3 is 9.84 Å². The molecule has 0 atom stereocenters. The van der Waals surface area contributed by atoms with Gasteiger partial charge in [0.1, 0.15) is 16.9 Å². The number of carbonyl (C=O) groups is 1. The van der Waals surface area contributed by atoms with E-state index < -0.39 is 0 Å². The Morgan fingerprint density at radius 3 is 2.77 bits per heavy atom. The molecule has 1 N–H and O–H groups in total. The molecular formula is C17H23NO3S. The predicted molar refractivity (Wildman–Crippen MR) is 89.5 cm³/mol. The van der Waals surface area contributed by atoms with Crippen molar-refractivity contribution in [2.24, 2.45) is 0 Å². The zero-order valence-corrected chi connectivity index (χ0v) is 14.0. The summed E-state index contributed by atoms with van der Waals surface area (Å²) >= 11 is 1.28. The van der Waals surface area contributed by atoms with E-state index in [0.29, 0.717) is 24.3 Å². The van der Waals surface area contributed by atoms with Gasteiger partial charge in [-0.3, -0.25) is 4.79 Å². The van der Waals surface area contributed by atoms with Gasteiger partial charge in [0.2, 0.25) is 0 Å². The van der Waals surface area contributed by atoms with E-state index in [1.54, 1.807) is 12.1 Å². The van der Waals surface area contributed by atoms with Crippen LogP contribution >= 0.6 is 11.8 Å². The fourth-order valence-electron chi connectivity index (χ4n) is 2.21. The largest absolute Gasteiger partial charge is 0.507 e. The van der Waals surface area contributed by atoms with Gasteiger partial charge in [0, 0.05) is 11.3 Å². The molecule has 1 aromatic rings. The normalized spacial score (nSPS) is 10.2. The second-order valence-electron chi connectivity index (χ2n) is 5.09. The first-order valence-corrected chi connectivity index (χ1v) is 8.59. The summed E-state index contributed by atoms with van der Waals surface area (Å²) < 4.78 is 5.77. The number of rotatable bonds is 10. The lowest BCUT2D eigenvalue weighted by Gasteiger charge is -2.14. The first kappa shape index (κ1) is 18.4. The first-order chi connectivity index (χ1) is 10.6. The highest BCUT2D eigenvalue weighted by atomic mass is 32.2. The van der Waals surface area contributed by atoms with Crippen molar-refractivity contribution in [1.29, 1.82) is 5.26 Å².